The second kappa shape index (κ2) is 7.45. The molecule has 1 N–H and O–H groups in total. The highest BCUT2D eigenvalue weighted by Crippen LogP contribution is 2.21. The van der Waals surface area contributed by atoms with Crippen molar-refractivity contribution in [3.63, 3.8) is 0 Å². The van der Waals surface area contributed by atoms with E-state index in [9.17, 15) is 13.2 Å². The molecule has 1 heterocycles. The van der Waals surface area contributed by atoms with Crippen molar-refractivity contribution < 1.29 is 17.4 Å². The van der Waals surface area contributed by atoms with E-state index in [1.165, 1.54) is 4.68 Å². The van der Waals surface area contributed by atoms with Crippen molar-refractivity contribution in [1.82, 2.24) is 9.78 Å². The molecular weight excluding hydrogens is 398 g/mol. The van der Waals surface area contributed by atoms with Crippen molar-refractivity contribution in [2.24, 2.45) is 0 Å². The second-order valence-electron chi connectivity index (χ2n) is 5.34. The first-order valence-corrected chi connectivity index (χ1v) is 9.72. The van der Waals surface area contributed by atoms with Gasteiger partial charge in [-0.2, -0.15) is 13.5 Å². The molecule has 0 aliphatic rings. The molecule has 7 nitrogen and oxygen atoms in total. The van der Waals surface area contributed by atoms with E-state index in [2.05, 4.69) is 26.3 Å². The molecule has 1 aromatic heterocycles. The molecule has 0 radical (unpaired) electrons. The SMILES string of the molecule is Cc1cc(Br)ccc1NC(=O)c1c(C)cnn1CCOS(C)(=O)=O. The molecule has 1 aromatic carbocycles. The molecule has 0 saturated heterocycles. The van der Waals surface area contributed by atoms with Gasteiger partial charge in [-0.05, 0) is 43.2 Å². The van der Waals surface area contributed by atoms with Crippen molar-refractivity contribution in [1.29, 1.82) is 0 Å². The zero-order valence-electron chi connectivity index (χ0n) is 13.5. The van der Waals surface area contributed by atoms with E-state index in [1.54, 1.807) is 19.2 Å². The van der Waals surface area contributed by atoms with E-state index in [4.69, 9.17) is 4.18 Å². The highest BCUT2D eigenvalue weighted by atomic mass is 79.9. The van der Waals surface area contributed by atoms with Gasteiger partial charge in [0.25, 0.3) is 16.0 Å². The maximum Gasteiger partial charge on any atom is 0.274 e. The van der Waals surface area contributed by atoms with Gasteiger partial charge in [-0.15, -0.1) is 0 Å². The number of rotatable bonds is 6. The Morgan fingerprint density at radius 2 is 2.04 bits per heavy atom. The summed E-state index contributed by atoms with van der Waals surface area (Å²) < 4.78 is 29.1. The van der Waals surface area contributed by atoms with Gasteiger partial charge in [0.15, 0.2) is 0 Å². The van der Waals surface area contributed by atoms with Crippen LogP contribution in [0.25, 0.3) is 0 Å². The van der Waals surface area contributed by atoms with Crippen LogP contribution in [0.2, 0.25) is 0 Å². The van der Waals surface area contributed by atoms with Crippen LogP contribution >= 0.6 is 15.9 Å². The van der Waals surface area contributed by atoms with Gasteiger partial charge in [0, 0.05) is 10.2 Å². The predicted molar refractivity (Wildman–Crippen MR) is 94.6 cm³/mol. The predicted octanol–water partition coefficient (Wildman–Crippen LogP) is 2.49. The molecule has 0 saturated carbocycles. The summed E-state index contributed by atoms with van der Waals surface area (Å²) in [5, 5.41) is 6.96. The Hall–Kier alpha value is -1.71. The zero-order valence-corrected chi connectivity index (χ0v) is 15.9. The largest absolute Gasteiger partial charge is 0.320 e. The number of carbonyl (C=O) groups is 1. The molecule has 0 fully saturated rings. The number of amides is 1. The minimum Gasteiger partial charge on any atom is -0.320 e. The van der Waals surface area contributed by atoms with Crippen LogP contribution in [0.5, 0.6) is 0 Å². The van der Waals surface area contributed by atoms with Gasteiger partial charge >= 0.3 is 0 Å². The Balaban J connectivity index is 2.15. The number of hydrogen-bond acceptors (Lipinski definition) is 5. The van der Waals surface area contributed by atoms with Gasteiger partial charge in [-0.1, -0.05) is 15.9 Å². The number of aryl methyl sites for hydroxylation is 2. The lowest BCUT2D eigenvalue weighted by Crippen LogP contribution is -2.21. The van der Waals surface area contributed by atoms with Gasteiger partial charge in [-0.25, -0.2) is 0 Å². The van der Waals surface area contributed by atoms with E-state index in [1.807, 2.05) is 19.1 Å². The average Bonchev–Trinajstić information content (AvgIpc) is 2.81. The first-order valence-electron chi connectivity index (χ1n) is 7.11. The molecule has 0 spiro atoms. The van der Waals surface area contributed by atoms with Crippen molar-refractivity contribution in [3.05, 3.63) is 45.7 Å². The van der Waals surface area contributed by atoms with Crippen LogP contribution in [0.4, 0.5) is 5.69 Å². The van der Waals surface area contributed by atoms with E-state index >= 15 is 0 Å². The fourth-order valence-corrected chi connectivity index (χ4v) is 3.02. The monoisotopic (exact) mass is 415 g/mol. The van der Waals surface area contributed by atoms with Crippen molar-refractivity contribution in [2.75, 3.05) is 18.2 Å². The molecule has 24 heavy (non-hydrogen) atoms. The summed E-state index contributed by atoms with van der Waals surface area (Å²) >= 11 is 3.38. The number of carbonyl (C=O) groups excluding carboxylic acids is 1. The summed E-state index contributed by atoms with van der Waals surface area (Å²) in [7, 11) is -3.52. The Morgan fingerprint density at radius 1 is 1.33 bits per heavy atom. The van der Waals surface area contributed by atoms with Gasteiger partial charge in [-0.3, -0.25) is 13.7 Å². The lowest BCUT2D eigenvalue weighted by atomic mass is 10.2. The lowest BCUT2D eigenvalue weighted by Gasteiger charge is -2.11. The molecule has 2 rings (SSSR count). The third-order valence-corrected chi connectivity index (χ3v) is 4.36. The first kappa shape index (κ1) is 18.6. The van der Waals surface area contributed by atoms with E-state index in [0.29, 0.717) is 16.9 Å². The number of hydrogen-bond donors (Lipinski definition) is 1. The number of anilines is 1. The van der Waals surface area contributed by atoms with E-state index < -0.39 is 10.1 Å². The molecule has 0 unspecified atom stereocenters. The maximum atomic E-state index is 12.6. The number of nitrogens with one attached hydrogen (secondary N) is 1. The standard InChI is InChI=1S/C15H18BrN3O4S/c1-10-8-12(16)4-5-13(10)18-15(20)14-11(2)9-17-19(14)6-7-23-24(3,21)22/h4-5,8-9H,6-7H2,1-3H3,(H,18,20). The van der Waals surface area contributed by atoms with Gasteiger partial charge < -0.3 is 5.32 Å². The zero-order chi connectivity index (χ0) is 17.9. The fraction of sp³-hybridized carbons (Fsp3) is 0.333. The van der Waals surface area contributed by atoms with Crippen LogP contribution in [0.15, 0.2) is 28.9 Å². The van der Waals surface area contributed by atoms with Gasteiger partial charge in [0.05, 0.1) is 25.6 Å². The molecule has 0 aliphatic carbocycles. The number of aromatic nitrogens is 2. The normalized spacial score (nSPS) is 11.5. The molecule has 130 valence electrons. The van der Waals surface area contributed by atoms with Crippen molar-refractivity contribution in [2.45, 2.75) is 20.4 Å². The third kappa shape index (κ3) is 4.89. The minimum atomic E-state index is -3.52. The van der Waals surface area contributed by atoms with Crippen LogP contribution < -0.4 is 5.32 Å². The number of halogens is 1. The quantitative estimate of drug-likeness (QED) is 0.731. The third-order valence-electron chi connectivity index (χ3n) is 3.27. The Labute approximate surface area is 149 Å². The highest BCUT2D eigenvalue weighted by molar-refractivity contribution is 9.10. The topological polar surface area (TPSA) is 90.3 Å². The highest BCUT2D eigenvalue weighted by Gasteiger charge is 2.17. The molecule has 9 heteroatoms. The maximum absolute atomic E-state index is 12.6. The van der Waals surface area contributed by atoms with E-state index in [0.717, 1.165) is 16.3 Å². The van der Waals surface area contributed by atoms with Gasteiger partial charge in [0.2, 0.25) is 0 Å². The average molecular weight is 416 g/mol. The van der Waals surface area contributed by atoms with Gasteiger partial charge in [0.1, 0.15) is 5.69 Å². The second-order valence-corrected chi connectivity index (χ2v) is 7.90. The Kier molecular flexibility index (Phi) is 5.79. The summed E-state index contributed by atoms with van der Waals surface area (Å²) in [6.07, 6.45) is 2.54. The Morgan fingerprint density at radius 3 is 2.67 bits per heavy atom. The Bertz CT molecular complexity index is 862. The summed E-state index contributed by atoms with van der Waals surface area (Å²) in [6.45, 7) is 3.73. The molecule has 2 aromatic rings. The molecular formula is C15H18BrN3O4S. The van der Waals surface area contributed by atoms with Crippen LogP contribution in [-0.2, 0) is 20.8 Å². The molecule has 1 amide bonds. The molecule has 0 bridgehead atoms. The van der Waals surface area contributed by atoms with Crippen molar-refractivity contribution >= 4 is 37.6 Å². The summed E-state index contributed by atoms with van der Waals surface area (Å²) in [5.41, 5.74) is 2.68. The molecule has 0 aliphatic heterocycles. The van der Waals surface area contributed by atoms with Crippen LogP contribution in [0.3, 0.4) is 0 Å². The van der Waals surface area contributed by atoms with E-state index in [-0.39, 0.29) is 19.1 Å². The first-order chi connectivity index (χ1) is 11.2. The van der Waals surface area contributed by atoms with Crippen LogP contribution in [0.1, 0.15) is 21.6 Å². The summed E-state index contributed by atoms with van der Waals surface area (Å²) in [6, 6.07) is 5.55. The minimum absolute atomic E-state index is 0.0858. The number of benzene rings is 1. The fourth-order valence-electron chi connectivity index (χ4n) is 2.17. The lowest BCUT2D eigenvalue weighted by molar-refractivity contribution is 0.101. The summed E-state index contributed by atoms with van der Waals surface area (Å²) in [5.74, 6) is -0.310. The molecule has 0 atom stereocenters. The summed E-state index contributed by atoms with van der Waals surface area (Å²) in [4.78, 5) is 12.6. The van der Waals surface area contributed by atoms with Crippen LogP contribution in [0, 0.1) is 13.8 Å². The van der Waals surface area contributed by atoms with Crippen molar-refractivity contribution in [3.8, 4) is 0 Å². The number of nitrogens with zero attached hydrogens (tertiary/aromatic N) is 2. The van der Waals surface area contributed by atoms with Crippen LogP contribution in [-0.4, -0.2) is 37.0 Å². The smallest absolute Gasteiger partial charge is 0.274 e.